The fraction of sp³-hybridized carbons (Fsp3) is 0.286. The minimum Gasteiger partial charge on any atom is -0.496 e. The lowest BCUT2D eigenvalue weighted by Crippen LogP contribution is -2.24. The maximum atomic E-state index is 12.5. The molecule has 5 heteroatoms. The third-order valence-corrected chi connectivity index (χ3v) is 4.06. The summed E-state index contributed by atoms with van der Waals surface area (Å²) in [6, 6.07) is 11.5. The smallest absolute Gasteiger partial charge is 0.246 e. The molecule has 0 heterocycles. The molecule has 5 nitrogen and oxygen atoms in total. The van der Waals surface area contributed by atoms with Gasteiger partial charge < -0.3 is 19.1 Å². The van der Waals surface area contributed by atoms with Gasteiger partial charge in [0.05, 0.1) is 21.3 Å². The highest BCUT2D eigenvalue weighted by Crippen LogP contribution is 2.31. The van der Waals surface area contributed by atoms with Crippen LogP contribution in [-0.2, 0) is 11.3 Å². The molecule has 0 aliphatic rings. The summed E-state index contributed by atoms with van der Waals surface area (Å²) < 4.78 is 16.0. The summed E-state index contributed by atoms with van der Waals surface area (Å²) in [6.07, 6.45) is 3.26. The van der Waals surface area contributed by atoms with Crippen molar-refractivity contribution in [2.45, 2.75) is 13.5 Å². The van der Waals surface area contributed by atoms with Crippen LogP contribution in [0.3, 0.4) is 0 Å². The molecule has 26 heavy (non-hydrogen) atoms. The summed E-state index contributed by atoms with van der Waals surface area (Å²) in [6.45, 7) is 2.48. The third-order valence-electron chi connectivity index (χ3n) is 4.06. The first-order valence-corrected chi connectivity index (χ1v) is 8.27. The van der Waals surface area contributed by atoms with Gasteiger partial charge in [0, 0.05) is 30.8 Å². The van der Waals surface area contributed by atoms with Gasteiger partial charge in [-0.1, -0.05) is 29.8 Å². The van der Waals surface area contributed by atoms with Gasteiger partial charge in [-0.25, -0.2) is 0 Å². The van der Waals surface area contributed by atoms with Crippen LogP contribution in [0.25, 0.3) is 6.08 Å². The molecule has 0 bridgehead atoms. The molecule has 0 unspecified atom stereocenters. The van der Waals surface area contributed by atoms with Gasteiger partial charge in [0.15, 0.2) is 11.5 Å². The van der Waals surface area contributed by atoms with E-state index in [2.05, 4.69) is 0 Å². The van der Waals surface area contributed by atoms with Gasteiger partial charge in [-0.15, -0.1) is 0 Å². The summed E-state index contributed by atoms with van der Waals surface area (Å²) in [7, 11) is 6.55. The monoisotopic (exact) mass is 355 g/mol. The Morgan fingerprint density at radius 1 is 1.04 bits per heavy atom. The van der Waals surface area contributed by atoms with E-state index < -0.39 is 0 Å². The highest BCUT2D eigenvalue weighted by atomic mass is 16.5. The van der Waals surface area contributed by atoms with Crippen molar-refractivity contribution in [2.75, 3.05) is 28.4 Å². The number of para-hydroxylation sites is 1. The van der Waals surface area contributed by atoms with E-state index in [1.807, 2.05) is 43.3 Å². The lowest BCUT2D eigenvalue weighted by molar-refractivity contribution is -0.125. The molecular weight excluding hydrogens is 330 g/mol. The number of aryl methyl sites for hydroxylation is 1. The number of carbonyl (C=O) groups is 1. The summed E-state index contributed by atoms with van der Waals surface area (Å²) in [4.78, 5) is 14.1. The average Bonchev–Trinajstić information content (AvgIpc) is 2.65. The Hall–Kier alpha value is -2.95. The normalized spacial score (nSPS) is 10.7. The molecule has 0 radical (unpaired) electrons. The molecule has 0 N–H and O–H groups in total. The fourth-order valence-electron chi connectivity index (χ4n) is 2.70. The second kappa shape index (κ2) is 8.94. The highest BCUT2D eigenvalue weighted by Gasteiger charge is 2.11. The number of nitrogens with zero attached hydrogens (tertiary/aromatic N) is 1. The van der Waals surface area contributed by atoms with Crippen LogP contribution in [0.1, 0.15) is 16.7 Å². The van der Waals surface area contributed by atoms with Crippen molar-refractivity contribution >= 4 is 12.0 Å². The number of ether oxygens (including phenoxy) is 3. The summed E-state index contributed by atoms with van der Waals surface area (Å²) in [5.41, 5.74) is 2.87. The van der Waals surface area contributed by atoms with Crippen molar-refractivity contribution in [1.82, 2.24) is 4.90 Å². The van der Waals surface area contributed by atoms with Crippen LogP contribution in [0, 0.1) is 6.92 Å². The SMILES string of the molecule is COc1ccc(C)cc1CN(C)C(=O)/C=C/c1cccc(OC)c1OC. The van der Waals surface area contributed by atoms with Crippen molar-refractivity contribution in [3.63, 3.8) is 0 Å². The second-order valence-electron chi connectivity index (χ2n) is 5.93. The maximum Gasteiger partial charge on any atom is 0.246 e. The quantitative estimate of drug-likeness (QED) is 0.711. The molecule has 2 rings (SSSR count). The zero-order valence-electron chi connectivity index (χ0n) is 15.9. The Morgan fingerprint density at radius 3 is 2.42 bits per heavy atom. The number of amides is 1. The van der Waals surface area contributed by atoms with Gasteiger partial charge in [0.1, 0.15) is 5.75 Å². The molecule has 0 saturated carbocycles. The van der Waals surface area contributed by atoms with E-state index in [0.717, 1.165) is 22.4 Å². The molecule has 0 fully saturated rings. The minimum atomic E-state index is -0.113. The fourth-order valence-corrected chi connectivity index (χ4v) is 2.70. The predicted molar refractivity (Wildman–Crippen MR) is 103 cm³/mol. The number of carbonyl (C=O) groups excluding carboxylic acids is 1. The Labute approximate surface area is 154 Å². The van der Waals surface area contributed by atoms with E-state index in [9.17, 15) is 4.79 Å². The van der Waals surface area contributed by atoms with E-state index in [4.69, 9.17) is 14.2 Å². The molecule has 0 spiro atoms. The van der Waals surface area contributed by atoms with Crippen LogP contribution >= 0.6 is 0 Å². The zero-order valence-corrected chi connectivity index (χ0v) is 15.9. The van der Waals surface area contributed by atoms with Gasteiger partial charge in [-0.3, -0.25) is 4.79 Å². The van der Waals surface area contributed by atoms with Gasteiger partial charge in [-0.2, -0.15) is 0 Å². The summed E-state index contributed by atoms with van der Waals surface area (Å²) >= 11 is 0. The molecule has 2 aromatic carbocycles. The van der Waals surface area contributed by atoms with E-state index in [1.165, 1.54) is 6.08 Å². The maximum absolute atomic E-state index is 12.5. The third kappa shape index (κ3) is 4.57. The van der Waals surface area contributed by atoms with Crippen molar-refractivity contribution < 1.29 is 19.0 Å². The first-order valence-electron chi connectivity index (χ1n) is 8.27. The first kappa shape index (κ1) is 19.4. The second-order valence-corrected chi connectivity index (χ2v) is 5.93. The van der Waals surface area contributed by atoms with Crippen LogP contribution in [0.15, 0.2) is 42.5 Å². The molecule has 1 amide bonds. The number of rotatable bonds is 7. The van der Waals surface area contributed by atoms with Crippen LogP contribution in [0.4, 0.5) is 0 Å². The topological polar surface area (TPSA) is 48.0 Å². The van der Waals surface area contributed by atoms with Crippen molar-refractivity contribution in [3.8, 4) is 17.2 Å². The molecule has 0 aromatic heterocycles. The molecule has 0 aliphatic heterocycles. The Balaban J connectivity index is 2.15. The zero-order chi connectivity index (χ0) is 19.1. The van der Waals surface area contributed by atoms with Gasteiger partial charge in [0.25, 0.3) is 0 Å². The van der Waals surface area contributed by atoms with Crippen LogP contribution < -0.4 is 14.2 Å². The predicted octanol–water partition coefficient (Wildman–Crippen LogP) is 3.69. The summed E-state index contributed by atoms with van der Waals surface area (Å²) in [5.74, 6) is 1.88. The lowest BCUT2D eigenvalue weighted by Gasteiger charge is -2.18. The Morgan fingerprint density at radius 2 is 1.77 bits per heavy atom. The minimum absolute atomic E-state index is 0.113. The first-order chi connectivity index (χ1) is 12.5. The van der Waals surface area contributed by atoms with Gasteiger partial charge in [0.2, 0.25) is 5.91 Å². The molecule has 2 aromatic rings. The number of hydrogen-bond donors (Lipinski definition) is 0. The number of methoxy groups -OCH3 is 3. The van der Waals surface area contributed by atoms with Crippen LogP contribution in [0.5, 0.6) is 17.2 Å². The number of hydrogen-bond acceptors (Lipinski definition) is 4. The Bertz CT molecular complexity index is 799. The lowest BCUT2D eigenvalue weighted by atomic mass is 10.1. The number of benzene rings is 2. The van der Waals surface area contributed by atoms with Crippen molar-refractivity contribution in [3.05, 3.63) is 59.2 Å². The van der Waals surface area contributed by atoms with Gasteiger partial charge >= 0.3 is 0 Å². The molecular formula is C21H25NO4. The number of likely N-dealkylation sites (N-methyl/N-ethyl adjacent to an activating group) is 1. The molecule has 0 atom stereocenters. The van der Waals surface area contributed by atoms with E-state index in [0.29, 0.717) is 18.0 Å². The van der Waals surface area contributed by atoms with E-state index in [1.54, 1.807) is 39.4 Å². The largest absolute Gasteiger partial charge is 0.496 e. The highest BCUT2D eigenvalue weighted by molar-refractivity contribution is 5.92. The van der Waals surface area contributed by atoms with Crippen molar-refractivity contribution in [2.24, 2.45) is 0 Å². The standard InChI is InChI=1S/C21H25NO4/c1-15-9-11-18(24-3)17(13-15)14-22(2)20(23)12-10-16-7-6-8-19(25-4)21(16)26-5/h6-13H,14H2,1-5H3/b12-10+. The molecule has 0 saturated heterocycles. The van der Waals surface area contributed by atoms with Gasteiger partial charge in [-0.05, 0) is 25.1 Å². The molecule has 0 aliphatic carbocycles. The van der Waals surface area contributed by atoms with E-state index in [-0.39, 0.29) is 5.91 Å². The Kier molecular flexibility index (Phi) is 6.67. The van der Waals surface area contributed by atoms with Crippen molar-refractivity contribution in [1.29, 1.82) is 0 Å². The summed E-state index contributed by atoms with van der Waals surface area (Å²) in [5, 5.41) is 0. The van der Waals surface area contributed by atoms with E-state index >= 15 is 0 Å². The molecule has 138 valence electrons. The van der Waals surface area contributed by atoms with Crippen LogP contribution in [0.2, 0.25) is 0 Å². The average molecular weight is 355 g/mol. The van der Waals surface area contributed by atoms with Crippen LogP contribution in [-0.4, -0.2) is 39.2 Å².